The van der Waals surface area contributed by atoms with Crippen LogP contribution in [0.2, 0.25) is 5.02 Å². The number of amides is 2. The van der Waals surface area contributed by atoms with Crippen molar-refractivity contribution < 1.29 is 31.2 Å². The molecule has 1 fully saturated rings. The van der Waals surface area contributed by atoms with Crippen molar-refractivity contribution in [3.63, 3.8) is 0 Å². The van der Waals surface area contributed by atoms with Gasteiger partial charge in [-0.05, 0) is 43.7 Å². The predicted octanol–water partition coefficient (Wildman–Crippen LogP) is 2.97. The maximum atomic E-state index is 13.5. The van der Waals surface area contributed by atoms with Gasteiger partial charge in [0.05, 0.1) is 45.0 Å². The summed E-state index contributed by atoms with van der Waals surface area (Å²) in [7, 11) is -3.30. The molecule has 15 heteroatoms. The van der Waals surface area contributed by atoms with Gasteiger partial charge in [-0.25, -0.2) is 18.4 Å². The first-order valence-corrected chi connectivity index (χ1v) is 13.3. The van der Waals surface area contributed by atoms with Crippen molar-refractivity contribution in [2.45, 2.75) is 38.0 Å². The zero-order valence-corrected chi connectivity index (χ0v) is 21.5. The number of nitrogens with zero attached hydrogens (tertiary/aromatic N) is 4. The van der Waals surface area contributed by atoms with Crippen molar-refractivity contribution in [3.05, 3.63) is 52.2 Å². The summed E-state index contributed by atoms with van der Waals surface area (Å²) >= 11 is 6.11. The van der Waals surface area contributed by atoms with E-state index >= 15 is 0 Å². The summed E-state index contributed by atoms with van der Waals surface area (Å²) in [5.41, 5.74) is -2.11. The highest BCUT2D eigenvalue weighted by Gasteiger charge is 2.47. The number of hydrogen-bond donors (Lipinski definition) is 2. The molecule has 1 atom stereocenters. The monoisotopic (exact) mass is 568 g/mol. The molecule has 1 saturated heterocycles. The molecule has 38 heavy (non-hydrogen) atoms. The summed E-state index contributed by atoms with van der Waals surface area (Å²) < 4.78 is 63.8. The third-order valence-electron chi connectivity index (χ3n) is 5.95. The number of anilines is 2. The summed E-state index contributed by atoms with van der Waals surface area (Å²) in [6.45, 7) is 3.04. The number of nitrogens with one attached hydrogen (secondary N) is 2. The number of aromatic nitrogens is 1. The van der Waals surface area contributed by atoms with Gasteiger partial charge in [0.1, 0.15) is 11.8 Å². The molecule has 200 valence electrons. The Morgan fingerprint density at radius 1 is 1.29 bits per heavy atom. The summed E-state index contributed by atoms with van der Waals surface area (Å²) in [6.07, 6.45) is -4.34. The molecular formula is C23H20ClF3N6O4S. The molecular weight excluding hydrogens is 549 g/mol. The first-order chi connectivity index (χ1) is 17.6. The number of aryl methyl sites for hydroxylation is 1. The van der Waals surface area contributed by atoms with Crippen molar-refractivity contribution in [1.82, 2.24) is 10.3 Å². The highest BCUT2D eigenvalue weighted by molar-refractivity contribution is 7.93. The van der Waals surface area contributed by atoms with Gasteiger partial charge in [-0.3, -0.25) is 9.59 Å². The average Bonchev–Trinajstić information content (AvgIpc) is 3.24. The van der Waals surface area contributed by atoms with Crippen molar-refractivity contribution in [2.75, 3.05) is 21.8 Å². The zero-order valence-electron chi connectivity index (χ0n) is 19.9. The second-order valence-corrected chi connectivity index (χ2v) is 11.8. The Kier molecular flexibility index (Phi) is 6.87. The van der Waals surface area contributed by atoms with Crippen LogP contribution in [-0.4, -0.2) is 60.2 Å². The number of sulfone groups is 1. The molecule has 2 aliphatic rings. The standard InChI is InChI=1S/C23H20ClF3N6O4S/c1-12-6-13(9-28)7-14(20(34)31-22(2)10-38(36,37)11-22)18(12)30-21(35)16-8-17(23(25,26)27)32-33(16)19-15(24)4-3-5-29-19/h3-7,16H,8,10-11H2,1-2H3,(H,30,35)(H,31,34). The number of pyridine rings is 1. The van der Waals surface area contributed by atoms with Gasteiger partial charge in [0.2, 0.25) is 5.91 Å². The minimum Gasteiger partial charge on any atom is -0.345 e. The quantitative estimate of drug-likeness (QED) is 0.564. The number of benzene rings is 1. The van der Waals surface area contributed by atoms with Crippen molar-refractivity contribution in [2.24, 2.45) is 5.10 Å². The fourth-order valence-corrected chi connectivity index (χ4v) is 6.58. The molecule has 2 amide bonds. The van der Waals surface area contributed by atoms with Gasteiger partial charge < -0.3 is 10.6 Å². The van der Waals surface area contributed by atoms with E-state index in [2.05, 4.69) is 20.7 Å². The number of rotatable bonds is 5. The normalized spacial score (nSPS) is 19.7. The van der Waals surface area contributed by atoms with Gasteiger partial charge in [-0.15, -0.1) is 0 Å². The molecule has 1 unspecified atom stereocenters. The van der Waals surface area contributed by atoms with Gasteiger partial charge in [-0.2, -0.15) is 23.5 Å². The lowest BCUT2D eigenvalue weighted by atomic mass is 10.00. The molecule has 3 heterocycles. The fourth-order valence-electron chi connectivity index (χ4n) is 4.37. The number of carbonyl (C=O) groups excluding carboxylic acids is 2. The highest BCUT2D eigenvalue weighted by atomic mass is 35.5. The van der Waals surface area contributed by atoms with Crippen LogP contribution < -0.4 is 15.6 Å². The molecule has 1 aromatic heterocycles. The van der Waals surface area contributed by atoms with Gasteiger partial charge >= 0.3 is 6.18 Å². The van der Waals surface area contributed by atoms with Crippen molar-refractivity contribution in [3.8, 4) is 6.07 Å². The Hall–Kier alpha value is -3.70. The molecule has 2 aliphatic heterocycles. The van der Waals surface area contributed by atoms with Crippen LogP contribution in [0.1, 0.15) is 34.8 Å². The lowest BCUT2D eigenvalue weighted by molar-refractivity contribution is -0.117. The number of carbonyl (C=O) groups is 2. The Morgan fingerprint density at radius 3 is 2.55 bits per heavy atom. The number of nitriles is 1. The second kappa shape index (κ2) is 9.55. The van der Waals surface area contributed by atoms with Crippen LogP contribution >= 0.6 is 11.6 Å². The van der Waals surface area contributed by atoms with E-state index in [1.807, 2.05) is 6.07 Å². The molecule has 10 nitrogen and oxygen atoms in total. The van der Waals surface area contributed by atoms with E-state index in [1.165, 1.54) is 44.3 Å². The molecule has 0 aliphatic carbocycles. The van der Waals surface area contributed by atoms with Crippen LogP contribution in [0.5, 0.6) is 0 Å². The molecule has 0 bridgehead atoms. The zero-order chi connectivity index (χ0) is 28.0. The van der Waals surface area contributed by atoms with E-state index in [0.29, 0.717) is 0 Å². The Balaban J connectivity index is 1.67. The molecule has 2 aromatic rings. The van der Waals surface area contributed by atoms with E-state index in [4.69, 9.17) is 11.6 Å². The molecule has 0 saturated carbocycles. The van der Waals surface area contributed by atoms with Gasteiger partial charge in [0, 0.05) is 12.6 Å². The SMILES string of the molecule is Cc1cc(C#N)cc(C(=O)NC2(C)CS(=O)(=O)C2)c1NC(=O)C1CC(C(F)(F)F)=NN1c1ncccc1Cl. The Labute approximate surface area is 220 Å². The predicted molar refractivity (Wildman–Crippen MR) is 133 cm³/mol. The van der Waals surface area contributed by atoms with Crippen molar-refractivity contribution in [1.29, 1.82) is 5.26 Å². The number of hydrazone groups is 1. The van der Waals surface area contributed by atoms with E-state index in [9.17, 15) is 36.4 Å². The fraction of sp³-hybridized carbons (Fsp3) is 0.348. The van der Waals surface area contributed by atoms with E-state index < -0.39 is 51.5 Å². The lowest BCUT2D eigenvalue weighted by Gasteiger charge is -2.38. The van der Waals surface area contributed by atoms with E-state index in [-0.39, 0.29) is 44.7 Å². The summed E-state index contributed by atoms with van der Waals surface area (Å²) in [6, 6.07) is 5.82. The highest BCUT2D eigenvalue weighted by Crippen LogP contribution is 2.35. The topological polar surface area (TPSA) is 145 Å². The van der Waals surface area contributed by atoms with Crippen LogP contribution in [0.15, 0.2) is 35.6 Å². The number of hydrogen-bond acceptors (Lipinski definition) is 8. The first kappa shape index (κ1) is 27.3. The summed E-state index contributed by atoms with van der Waals surface area (Å²) in [5.74, 6) is -2.44. The Bertz CT molecular complexity index is 1510. The summed E-state index contributed by atoms with van der Waals surface area (Å²) in [4.78, 5) is 30.5. The largest absolute Gasteiger partial charge is 0.431 e. The van der Waals surface area contributed by atoms with Crippen molar-refractivity contribution >= 4 is 50.5 Å². The third kappa shape index (κ3) is 5.44. The van der Waals surface area contributed by atoms with Gasteiger partial charge in [0.25, 0.3) is 5.91 Å². The maximum absolute atomic E-state index is 13.5. The van der Waals surface area contributed by atoms with Gasteiger partial charge in [-0.1, -0.05) is 11.6 Å². The maximum Gasteiger partial charge on any atom is 0.431 e. The molecule has 1 aromatic carbocycles. The van der Waals surface area contributed by atoms with Crippen LogP contribution in [0.4, 0.5) is 24.7 Å². The third-order valence-corrected chi connectivity index (χ3v) is 8.39. The first-order valence-electron chi connectivity index (χ1n) is 11.1. The number of alkyl halides is 3. The molecule has 4 rings (SSSR count). The minimum absolute atomic E-state index is 0.0317. The second-order valence-electron chi connectivity index (χ2n) is 9.28. The minimum atomic E-state index is -4.82. The van der Waals surface area contributed by atoms with Crippen LogP contribution in [0.3, 0.4) is 0 Å². The summed E-state index contributed by atoms with van der Waals surface area (Å²) in [5, 5.41) is 18.8. The van der Waals surface area contributed by atoms with Crippen LogP contribution in [0, 0.1) is 18.3 Å². The van der Waals surface area contributed by atoms with E-state index in [0.717, 1.165) is 5.01 Å². The average molecular weight is 569 g/mol. The molecule has 2 N–H and O–H groups in total. The molecule has 0 spiro atoms. The van der Waals surface area contributed by atoms with Gasteiger partial charge in [0.15, 0.2) is 15.7 Å². The number of halogens is 4. The van der Waals surface area contributed by atoms with E-state index in [1.54, 1.807) is 0 Å². The lowest BCUT2D eigenvalue weighted by Crippen LogP contribution is -2.63. The van der Waals surface area contributed by atoms with Crippen LogP contribution in [0.25, 0.3) is 0 Å². The Morgan fingerprint density at radius 2 is 1.97 bits per heavy atom. The van der Waals surface area contributed by atoms with Crippen LogP contribution in [-0.2, 0) is 14.6 Å². The molecule has 0 radical (unpaired) electrons. The smallest absolute Gasteiger partial charge is 0.345 e.